The van der Waals surface area contributed by atoms with Gasteiger partial charge in [0.1, 0.15) is 0 Å². The Balaban J connectivity index is 4.52. The molecule has 0 aromatic carbocycles. The minimum atomic E-state index is -8.90. The Morgan fingerprint density at radius 3 is 0.852 bits per heavy atom. The van der Waals surface area contributed by atoms with E-state index in [1.54, 1.807) is 0 Å². The highest BCUT2D eigenvalue weighted by Gasteiger charge is 2.96. The largest absolute Gasteiger partial charge is 0.460 e. The smallest absolute Gasteiger partial charge is 0.394 e. The molecule has 0 radical (unpaired) electrons. The van der Waals surface area contributed by atoms with Crippen molar-refractivity contribution in [2.24, 2.45) is 0 Å². The average Bonchev–Trinajstić information content (AvgIpc) is 3.16. The predicted octanol–water partition coefficient (Wildman–Crippen LogP) is 4.75. The van der Waals surface area contributed by atoms with Gasteiger partial charge in [-0.25, -0.2) is 8.42 Å². The molecule has 368 valence electrons. The second-order valence-corrected chi connectivity index (χ2v) is 13.7. The van der Waals surface area contributed by atoms with Crippen molar-refractivity contribution in [2.75, 3.05) is 139 Å². The van der Waals surface area contributed by atoms with Gasteiger partial charge in [0, 0.05) is 13.1 Å². The summed E-state index contributed by atoms with van der Waals surface area (Å²) in [7, 11) is -7.40. The van der Waals surface area contributed by atoms with Crippen molar-refractivity contribution in [3.8, 4) is 0 Å². The molecule has 0 aromatic heterocycles. The lowest BCUT2D eigenvalue weighted by Gasteiger charge is -2.43. The maximum absolute atomic E-state index is 14.5. The van der Waals surface area contributed by atoms with E-state index in [4.69, 9.17) is 47.7 Å². The van der Waals surface area contributed by atoms with Crippen LogP contribution in [0.2, 0.25) is 0 Å². The second-order valence-electron chi connectivity index (χ2n) is 11.7. The molecule has 0 aliphatic carbocycles. The minimum Gasteiger partial charge on any atom is -0.394 e. The molecule has 13 nitrogen and oxygen atoms in total. The second kappa shape index (κ2) is 26.3. The lowest BCUT2D eigenvalue weighted by atomic mass is 9.91. The van der Waals surface area contributed by atoms with Crippen LogP contribution in [0.25, 0.3) is 0 Å². The Morgan fingerprint density at radius 1 is 0.377 bits per heavy atom. The van der Waals surface area contributed by atoms with Gasteiger partial charge in [0.25, 0.3) is 10.0 Å². The van der Waals surface area contributed by atoms with E-state index in [1.165, 1.54) is 0 Å². The molecule has 0 saturated heterocycles. The van der Waals surface area contributed by atoms with E-state index in [2.05, 4.69) is 0 Å². The first-order valence-corrected chi connectivity index (χ1v) is 19.0. The molecule has 31 heteroatoms. The normalized spacial score (nSPS) is 14.4. The fourth-order valence-electron chi connectivity index (χ4n) is 4.01. The van der Waals surface area contributed by atoms with E-state index in [9.17, 15) is 83.1 Å². The minimum absolute atomic E-state index is 0.00250. The number of nitrogens with zero attached hydrogens (tertiary/aromatic N) is 1. The van der Waals surface area contributed by atoms with Crippen molar-refractivity contribution in [1.82, 2.24) is 4.31 Å². The fraction of sp³-hybridized carbons (Fsp3) is 1.00. The first kappa shape index (κ1) is 59.3. The third-order valence-corrected chi connectivity index (χ3v) is 9.43. The van der Waals surface area contributed by atoms with Crippen LogP contribution < -0.4 is 0 Å². The zero-order valence-electron chi connectivity index (χ0n) is 32.1. The number of likely N-dealkylation sites (N-methyl/N-ethyl adjacent to an activating group) is 1. The molecule has 0 bridgehead atoms. The van der Waals surface area contributed by atoms with Gasteiger partial charge in [-0.2, -0.15) is 78.9 Å². The summed E-state index contributed by atoms with van der Waals surface area (Å²) in [6, 6.07) is 0. The number of alkyl halides is 17. The standard InChI is InChI=1S/C30H46F17NO12S/c1-2-48(61(50,51)30(46,47)28(41,42)26(37,38)24(33,34)23(31,32)25(35,36)27(39,40)29(43,44)45)3-5-52-7-9-54-11-13-56-15-17-58-19-21-60-22-20-59-18-16-57-14-12-55-10-8-53-6-4-49/h49H,2-22H2,1H3. The molecular weight excluding hydrogens is 921 g/mol. The molecular formula is C30H46F17NO12S. The number of ether oxygens (including phenoxy) is 9. The SMILES string of the molecule is CCN(CCOCCOCCOCCOCCOCCOCCOCCOCCOCCO)S(=O)(=O)C(F)(F)C(F)(F)C(F)(F)C(F)(F)C(F)(F)C(F)(F)C(F)(F)C(F)(F)F. The van der Waals surface area contributed by atoms with Gasteiger partial charge in [0.15, 0.2) is 0 Å². The van der Waals surface area contributed by atoms with E-state index >= 15 is 0 Å². The highest BCUT2D eigenvalue weighted by molar-refractivity contribution is 7.90. The van der Waals surface area contributed by atoms with E-state index < -0.39 is 87.6 Å². The summed E-state index contributed by atoms with van der Waals surface area (Å²) in [6.45, 7) is -0.430. The number of rotatable bonds is 38. The molecule has 0 amide bonds. The van der Waals surface area contributed by atoms with Gasteiger partial charge in [-0.3, -0.25) is 0 Å². The Labute approximate surface area is 337 Å². The Bertz CT molecular complexity index is 1300. The topological polar surface area (TPSA) is 141 Å². The lowest BCUT2D eigenvalue weighted by molar-refractivity contribution is -0.458. The summed E-state index contributed by atoms with van der Waals surface area (Å²) in [5.74, 6) is -52.0. The Kier molecular flexibility index (Phi) is 25.6. The summed E-state index contributed by atoms with van der Waals surface area (Å²) in [5.41, 5.74) is 0. The van der Waals surface area contributed by atoms with Crippen LogP contribution in [0.15, 0.2) is 0 Å². The van der Waals surface area contributed by atoms with Gasteiger partial charge in [0.2, 0.25) is 0 Å². The molecule has 0 spiro atoms. The average molecular weight is 968 g/mol. The Morgan fingerprint density at radius 2 is 0.607 bits per heavy atom. The molecule has 0 rings (SSSR count). The summed E-state index contributed by atoms with van der Waals surface area (Å²) >= 11 is 0. The molecule has 0 saturated carbocycles. The van der Waals surface area contributed by atoms with Gasteiger partial charge in [0.05, 0.1) is 126 Å². The van der Waals surface area contributed by atoms with E-state index in [0.717, 1.165) is 0 Å². The lowest BCUT2D eigenvalue weighted by Crippen LogP contribution is -2.75. The van der Waals surface area contributed by atoms with Gasteiger partial charge >= 0.3 is 47.0 Å². The predicted molar refractivity (Wildman–Crippen MR) is 171 cm³/mol. The fourth-order valence-corrected chi connectivity index (χ4v) is 5.45. The van der Waals surface area contributed by atoms with Gasteiger partial charge < -0.3 is 47.7 Å². The highest BCUT2D eigenvalue weighted by Crippen LogP contribution is 2.64. The van der Waals surface area contributed by atoms with Crippen molar-refractivity contribution < 1.29 is 131 Å². The first-order valence-electron chi connectivity index (χ1n) is 17.5. The van der Waals surface area contributed by atoms with Crippen LogP contribution >= 0.6 is 0 Å². The Hall–Kier alpha value is -1.68. The number of hydrogen-bond donors (Lipinski definition) is 1. The quantitative estimate of drug-likeness (QED) is 0.0676. The van der Waals surface area contributed by atoms with Crippen molar-refractivity contribution in [3.05, 3.63) is 0 Å². The van der Waals surface area contributed by atoms with E-state index in [1.807, 2.05) is 0 Å². The van der Waals surface area contributed by atoms with Crippen LogP contribution in [0, 0.1) is 0 Å². The number of aliphatic hydroxyl groups excluding tert-OH is 1. The van der Waals surface area contributed by atoms with Crippen LogP contribution in [-0.4, -0.2) is 203 Å². The molecule has 0 aromatic rings. The van der Waals surface area contributed by atoms with E-state index in [0.29, 0.717) is 59.8 Å². The number of aliphatic hydroxyl groups is 1. The van der Waals surface area contributed by atoms with Crippen molar-refractivity contribution in [3.63, 3.8) is 0 Å². The number of sulfonamides is 1. The van der Waals surface area contributed by atoms with Crippen molar-refractivity contribution in [1.29, 1.82) is 0 Å². The molecule has 0 aliphatic rings. The van der Waals surface area contributed by atoms with Gasteiger partial charge in [-0.15, -0.1) is 0 Å². The molecule has 0 aliphatic heterocycles. The molecule has 0 fully saturated rings. The molecule has 61 heavy (non-hydrogen) atoms. The number of halogens is 17. The third kappa shape index (κ3) is 15.8. The van der Waals surface area contributed by atoms with Crippen LogP contribution in [-0.2, 0) is 52.7 Å². The van der Waals surface area contributed by atoms with E-state index in [-0.39, 0.29) is 59.5 Å². The molecule has 1 N–H and O–H groups in total. The van der Waals surface area contributed by atoms with Crippen LogP contribution in [0.3, 0.4) is 0 Å². The summed E-state index contributed by atoms with van der Waals surface area (Å²) in [6.07, 6.45) is -7.91. The summed E-state index contributed by atoms with van der Waals surface area (Å²) in [4.78, 5) is 0. The van der Waals surface area contributed by atoms with Crippen LogP contribution in [0.4, 0.5) is 74.6 Å². The zero-order valence-corrected chi connectivity index (χ0v) is 32.9. The van der Waals surface area contributed by atoms with Crippen LogP contribution in [0.5, 0.6) is 0 Å². The van der Waals surface area contributed by atoms with Crippen molar-refractivity contribution >= 4 is 10.0 Å². The molecule has 0 atom stereocenters. The van der Waals surface area contributed by atoms with Crippen LogP contribution in [0.1, 0.15) is 6.92 Å². The first-order chi connectivity index (χ1) is 28.0. The van der Waals surface area contributed by atoms with Crippen molar-refractivity contribution in [2.45, 2.75) is 53.9 Å². The highest BCUT2D eigenvalue weighted by atomic mass is 32.2. The third-order valence-electron chi connectivity index (χ3n) is 7.41. The molecule has 0 heterocycles. The van der Waals surface area contributed by atoms with Gasteiger partial charge in [-0.05, 0) is 0 Å². The zero-order chi connectivity index (χ0) is 47.3. The maximum atomic E-state index is 14.5. The monoisotopic (exact) mass is 967 g/mol. The maximum Gasteiger partial charge on any atom is 0.460 e. The molecule has 0 unspecified atom stereocenters. The summed E-state index contributed by atoms with van der Waals surface area (Å²) < 4.78 is 301. The van der Waals surface area contributed by atoms with Gasteiger partial charge in [-0.1, -0.05) is 6.92 Å². The number of hydrogen-bond acceptors (Lipinski definition) is 12. The summed E-state index contributed by atoms with van der Waals surface area (Å²) in [5, 5.41) is 0.920.